The van der Waals surface area contributed by atoms with Gasteiger partial charge in [-0.3, -0.25) is 4.79 Å². The van der Waals surface area contributed by atoms with E-state index in [-0.39, 0.29) is 19.1 Å². The summed E-state index contributed by atoms with van der Waals surface area (Å²) in [6.45, 7) is 3.87. The number of aryl methyl sites for hydroxylation is 1. The van der Waals surface area contributed by atoms with Gasteiger partial charge >= 0.3 is 5.97 Å². The third-order valence-electron chi connectivity index (χ3n) is 4.03. The van der Waals surface area contributed by atoms with Crippen LogP contribution >= 0.6 is 11.3 Å². The lowest BCUT2D eigenvalue weighted by molar-refractivity contribution is -0.114. The monoisotopic (exact) mass is 416 g/mol. The van der Waals surface area contributed by atoms with Crippen molar-refractivity contribution in [3.05, 3.63) is 59.0 Å². The second-order valence-electron chi connectivity index (χ2n) is 6.05. The minimum Gasteiger partial charge on any atom is -0.462 e. The van der Waals surface area contributed by atoms with Gasteiger partial charge in [-0.15, -0.1) is 11.3 Å². The summed E-state index contributed by atoms with van der Waals surface area (Å²) in [7, 11) is 0. The number of halogens is 1. The van der Waals surface area contributed by atoms with Gasteiger partial charge in [-0.25, -0.2) is 13.9 Å². The van der Waals surface area contributed by atoms with Crippen LogP contribution in [0.15, 0.2) is 42.7 Å². The quantitative estimate of drug-likeness (QED) is 0.545. The number of hydrogen-bond donors (Lipinski definition) is 2. The fourth-order valence-electron chi connectivity index (χ4n) is 2.64. The average molecular weight is 416 g/mol. The molecule has 7 nitrogen and oxygen atoms in total. The molecule has 29 heavy (non-hydrogen) atoms. The second kappa shape index (κ2) is 9.33. The molecular formula is C20H21FN4O3S. The normalized spacial score (nSPS) is 10.6. The van der Waals surface area contributed by atoms with Crippen molar-refractivity contribution in [2.75, 3.05) is 23.8 Å². The highest BCUT2D eigenvalue weighted by molar-refractivity contribution is 7.16. The number of ether oxygens (including phenoxy) is 1. The number of nitrogens with zero attached hydrogens (tertiary/aromatic N) is 2. The van der Waals surface area contributed by atoms with Crippen LogP contribution in [0.2, 0.25) is 0 Å². The lowest BCUT2D eigenvalue weighted by atomic mass is 10.2. The molecule has 0 spiro atoms. The number of aromatic nitrogens is 2. The Morgan fingerprint density at radius 1 is 1.28 bits per heavy atom. The number of rotatable bonds is 8. The Balaban J connectivity index is 1.64. The van der Waals surface area contributed by atoms with E-state index in [0.717, 1.165) is 11.3 Å². The summed E-state index contributed by atoms with van der Waals surface area (Å²) >= 11 is 1.34. The smallest absolute Gasteiger partial charge is 0.341 e. The predicted octanol–water partition coefficient (Wildman–Crippen LogP) is 3.86. The van der Waals surface area contributed by atoms with Crippen molar-refractivity contribution in [2.24, 2.45) is 0 Å². The lowest BCUT2D eigenvalue weighted by Crippen LogP contribution is -2.22. The number of carbonyl (C=O) groups is 2. The molecule has 0 bridgehead atoms. The van der Waals surface area contributed by atoms with Crippen molar-refractivity contribution >= 4 is 33.9 Å². The summed E-state index contributed by atoms with van der Waals surface area (Å²) in [5, 5.41) is 10.1. The van der Waals surface area contributed by atoms with Gasteiger partial charge in [0.25, 0.3) is 0 Å². The van der Waals surface area contributed by atoms with E-state index < -0.39 is 11.8 Å². The third-order valence-corrected chi connectivity index (χ3v) is 5.23. The molecule has 9 heteroatoms. The number of hydrogen-bond acceptors (Lipinski definition) is 6. The van der Waals surface area contributed by atoms with Crippen molar-refractivity contribution < 1.29 is 18.7 Å². The molecule has 0 fully saturated rings. The first-order valence-corrected chi connectivity index (χ1v) is 9.96. The van der Waals surface area contributed by atoms with Gasteiger partial charge in [-0.1, -0.05) is 6.92 Å². The Kier molecular flexibility index (Phi) is 6.61. The van der Waals surface area contributed by atoms with Gasteiger partial charge in [0.05, 0.1) is 18.7 Å². The molecule has 2 aromatic heterocycles. The van der Waals surface area contributed by atoms with Crippen LogP contribution in [0.1, 0.15) is 29.1 Å². The van der Waals surface area contributed by atoms with E-state index in [1.807, 2.05) is 6.92 Å². The van der Waals surface area contributed by atoms with Gasteiger partial charge in [0.15, 0.2) is 5.82 Å². The molecule has 0 aliphatic rings. The van der Waals surface area contributed by atoms with Gasteiger partial charge in [0.1, 0.15) is 10.7 Å². The number of carbonyl (C=O) groups excluding carboxylic acids is 2. The topological polar surface area (TPSA) is 85.2 Å². The summed E-state index contributed by atoms with van der Waals surface area (Å²) in [6, 6.07) is 7.98. The Labute approximate surface area is 171 Å². The number of esters is 1. The van der Waals surface area contributed by atoms with E-state index in [9.17, 15) is 14.0 Å². The van der Waals surface area contributed by atoms with E-state index in [1.165, 1.54) is 22.1 Å². The summed E-state index contributed by atoms with van der Waals surface area (Å²) < 4.78 is 20.8. The first-order valence-electron chi connectivity index (χ1n) is 9.15. The minimum absolute atomic E-state index is 0.0812. The molecule has 152 valence electrons. The SMILES string of the molecule is CCOC(=O)c1cc(CC)sc1NC(=O)CNc1ccc(-n2cccn2)c(F)c1. The molecule has 0 aliphatic carbocycles. The Hall–Kier alpha value is -3.20. The molecule has 2 N–H and O–H groups in total. The maximum Gasteiger partial charge on any atom is 0.341 e. The fraction of sp³-hybridized carbons (Fsp3) is 0.250. The maximum atomic E-state index is 14.3. The minimum atomic E-state index is -0.469. The van der Waals surface area contributed by atoms with Crippen molar-refractivity contribution in [3.63, 3.8) is 0 Å². The van der Waals surface area contributed by atoms with Crippen molar-refractivity contribution in [1.82, 2.24) is 9.78 Å². The first-order chi connectivity index (χ1) is 14.0. The average Bonchev–Trinajstić information content (AvgIpc) is 3.36. The summed E-state index contributed by atoms with van der Waals surface area (Å²) in [6.07, 6.45) is 3.95. The Morgan fingerprint density at radius 2 is 2.10 bits per heavy atom. The van der Waals surface area contributed by atoms with Gasteiger partial charge in [0, 0.05) is 23.0 Å². The van der Waals surface area contributed by atoms with Gasteiger partial charge in [-0.05, 0) is 43.7 Å². The van der Waals surface area contributed by atoms with Gasteiger partial charge in [-0.2, -0.15) is 5.10 Å². The number of benzene rings is 1. The van der Waals surface area contributed by atoms with Crippen LogP contribution in [0.3, 0.4) is 0 Å². The molecule has 0 aliphatic heterocycles. The zero-order chi connectivity index (χ0) is 20.8. The van der Waals surface area contributed by atoms with E-state index in [2.05, 4.69) is 15.7 Å². The van der Waals surface area contributed by atoms with E-state index in [0.29, 0.717) is 21.9 Å². The highest BCUT2D eigenvalue weighted by Gasteiger charge is 2.18. The third kappa shape index (κ3) is 5.00. The Bertz CT molecular complexity index is 1000. The van der Waals surface area contributed by atoms with Gasteiger partial charge < -0.3 is 15.4 Å². The van der Waals surface area contributed by atoms with Crippen molar-refractivity contribution in [2.45, 2.75) is 20.3 Å². The molecule has 0 atom stereocenters. The summed E-state index contributed by atoms with van der Waals surface area (Å²) in [5.74, 6) is -1.28. The van der Waals surface area contributed by atoms with Crippen LogP contribution < -0.4 is 10.6 Å². The number of amides is 1. The number of thiophene rings is 1. The lowest BCUT2D eigenvalue weighted by Gasteiger charge is -2.10. The van der Waals surface area contributed by atoms with Crippen LogP contribution in [-0.2, 0) is 16.0 Å². The van der Waals surface area contributed by atoms with Crippen molar-refractivity contribution in [1.29, 1.82) is 0 Å². The molecule has 0 radical (unpaired) electrons. The molecule has 1 aromatic carbocycles. The van der Waals surface area contributed by atoms with E-state index in [1.54, 1.807) is 43.6 Å². The maximum absolute atomic E-state index is 14.3. The molecular weight excluding hydrogens is 395 g/mol. The molecule has 1 amide bonds. The number of nitrogens with one attached hydrogen (secondary N) is 2. The van der Waals surface area contributed by atoms with Crippen LogP contribution in [0.4, 0.5) is 15.1 Å². The van der Waals surface area contributed by atoms with Crippen LogP contribution in [0, 0.1) is 5.82 Å². The highest BCUT2D eigenvalue weighted by atomic mass is 32.1. The Morgan fingerprint density at radius 3 is 2.76 bits per heavy atom. The summed E-state index contributed by atoms with van der Waals surface area (Å²) in [5.41, 5.74) is 1.12. The highest BCUT2D eigenvalue weighted by Crippen LogP contribution is 2.29. The largest absolute Gasteiger partial charge is 0.462 e. The van der Waals surface area contributed by atoms with Crippen molar-refractivity contribution in [3.8, 4) is 5.69 Å². The molecule has 3 rings (SSSR count). The molecule has 0 saturated carbocycles. The van der Waals surface area contributed by atoms with Gasteiger partial charge in [0.2, 0.25) is 5.91 Å². The molecule has 0 unspecified atom stereocenters. The van der Waals surface area contributed by atoms with Crippen LogP contribution in [-0.4, -0.2) is 34.8 Å². The van der Waals surface area contributed by atoms with E-state index in [4.69, 9.17) is 4.74 Å². The standard InChI is InChI=1S/C20H21FN4O3S/c1-3-14-11-15(20(27)28-4-2)19(29-14)24-18(26)12-22-13-6-7-17(16(21)10-13)25-9-5-8-23-25/h5-11,22H,3-4,12H2,1-2H3,(H,24,26). The van der Waals surface area contributed by atoms with E-state index >= 15 is 0 Å². The van der Waals surface area contributed by atoms with Crippen LogP contribution in [0.25, 0.3) is 5.69 Å². The summed E-state index contributed by atoms with van der Waals surface area (Å²) in [4.78, 5) is 25.4. The predicted molar refractivity (Wildman–Crippen MR) is 110 cm³/mol. The molecule has 2 heterocycles. The number of anilines is 2. The molecule has 0 saturated heterocycles. The van der Waals surface area contributed by atoms with Crippen LogP contribution in [0.5, 0.6) is 0 Å². The molecule has 3 aromatic rings. The first kappa shape index (κ1) is 20.5. The zero-order valence-corrected chi connectivity index (χ0v) is 16.9. The fourth-order valence-corrected chi connectivity index (χ4v) is 3.64. The zero-order valence-electron chi connectivity index (χ0n) is 16.1. The second-order valence-corrected chi connectivity index (χ2v) is 7.18.